The van der Waals surface area contributed by atoms with E-state index in [1.807, 2.05) is 22.7 Å². The van der Waals surface area contributed by atoms with Crippen molar-refractivity contribution in [1.82, 2.24) is 10.2 Å². The summed E-state index contributed by atoms with van der Waals surface area (Å²) in [5, 5.41) is 9.43. The molecule has 1 atom stereocenters. The number of nitrogens with one attached hydrogen (secondary N) is 1. The second kappa shape index (κ2) is 8.47. The second-order valence-electron chi connectivity index (χ2n) is 5.39. The lowest BCUT2D eigenvalue weighted by Crippen LogP contribution is -2.45. The van der Waals surface area contributed by atoms with Gasteiger partial charge < -0.3 is 5.32 Å². The van der Waals surface area contributed by atoms with Crippen LogP contribution in [0.25, 0.3) is 10.1 Å². The first-order valence-electron chi connectivity index (χ1n) is 7.38. The Balaban J connectivity index is 0.000000960. The molecule has 3 aromatic rings. The molecule has 1 N–H and O–H groups in total. The lowest BCUT2D eigenvalue weighted by Gasteiger charge is -2.34. The van der Waals surface area contributed by atoms with Crippen molar-refractivity contribution in [2.45, 2.75) is 6.04 Å². The van der Waals surface area contributed by atoms with Gasteiger partial charge in [-0.05, 0) is 33.8 Å². The molecule has 3 heterocycles. The van der Waals surface area contributed by atoms with E-state index in [0.717, 1.165) is 26.2 Å². The molecule has 0 radical (unpaired) electrons. The Morgan fingerprint density at radius 1 is 0.957 bits per heavy atom. The third-order valence-corrected chi connectivity index (χ3v) is 6.04. The Hall–Kier alpha value is -0.620. The molecule has 23 heavy (non-hydrogen) atoms. The van der Waals surface area contributed by atoms with Gasteiger partial charge in [-0.1, -0.05) is 24.3 Å². The molecule has 0 amide bonds. The third-order valence-electron chi connectivity index (χ3n) is 4.13. The number of benzene rings is 1. The molecule has 4 rings (SSSR count). The van der Waals surface area contributed by atoms with Gasteiger partial charge in [-0.2, -0.15) is 0 Å². The Morgan fingerprint density at radius 2 is 1.74 bits per heavy atom. The predicted octanol–water partition coefficient (Wildman–Crippen LogP) is 4.80. The van der Waals surface area contributed by atoms with Gasteiger partial charge in [0.25, 0.3) is 0 Å². The number of fused-ring (bicyclic) bond motifs is 1. The van der Waals surface area contributed by atoms with E-state index in [4.69, 9.17) is 0 Å². The maximum atomic E-state index is 3.46. The molecule has 0 spiro atoms. The highest BCUT2D eigenvalue weighted by Crippen LogP contribution is 2.38. The maximum absolute atomic E-state index is 3.46. The molecule has 0 saturated carbocycles. The lowest BCUT2D eigenvalue weighted by atomic mass is 10.0. The van der Waals surface area contributed by atoms with Crippen LogP contribution in [-0.4, -0.2) is 31.1 Å². The standard InChI is InChI=1S/C17H18N2S2.2ClH/c1-2-5-15-13(4-1)14(12-21-15)17(16-6-3-11-20-16)19-9-7-18-8-10-19;;/h1-6,11-12,17-18H,7-10H2;2*1H/t17-;;/m0../s1. The first kappa shape index (κ1) is 18.7. The summed E-state index contributed by atoms with van der Waals surface area (Å²) in [5.41, 5.74) is 1.47. The monoisotopic (exact) mass is 386 g/mol. The molecule has 1 aliphatic heterocycles. The summed E-state index contributed by atoms with van der Waals surface area (Å²) < 4.78 is 1.39. The molecule has 0 aliphatic carbocycles. The van der Waals surface area contributed by atoms with Gasteiger partial charge >= 0.3 is 0 Å². The molecule has 2 nitrogen and oxygen atoms in total. The second-order valence-corrected chi connectivity index (χ2v) is 7.28. The highest BCUT2D eigenvalue weighted by atomic mass is 35.5. The van der Waals surface area contributed by atoms with Gasteiger partial charge in [0.05, 0.1) is 6.04 Å². The SMILES string of the molecule is Cl.Cl.c1csc([C@H](c2csc3ccccc23)N2CCNCC2)c1. The number of rotatable bonds is 3. The Kier molecular flexibility index (Phi) is 6.89. The van der Waals surface area contributed by atoms with Gasteiger partial charge in [0.2, 0.25) is 0 Å². The fourth-order valence-corrected chi connectivity index (χ4v) is 4.98. The minimum absolute atomic E-state index is 0. The molecule has 1 saturated heterocycles. The fourth-order valence-electron chi connectivity index (χ4n) is 3.13. The smallest absolute Gasteiger partial charge is 0.0711 e. The Labute approximate surface area is 157 Å². The molecule has 124 valence electrons. The summed E-state index contributed by atoms with van der Waals surface area (Å²) in [6, 6.07) is 13.6. The van der Waals surface area contributed by atoms with E-state index >= 15 is 0 Å². The topological polar surface area (TPSA) is 15.3 Å². The fraction of sp³-hybridized carbons (Fsp3) is 0.294. The number of halogens is 2. The van der Waals surface area contributed by atoms with Crippen molar-refractivity contribution in [3.63, 3.8) is 0 Å². The Bertz CT molecular complexity index is 721. The largest absolute Gasteiger partial charge is 0.314 e. The van der Waals surface area contributed by atoms with Gasteiger partial charge in [-0.3, -0.25) is 4.90 Å². The molecule has 0 unspecified atom stereocenters. The lowest BCUT2D eigenvalue weighted by molar-refractivity contribution is 0.202. The summed E-state index contributed by atoms with van der Waals surface area (Å²) in [7, 11) is 0. The van der Waals surface area contributed by atoms with Crippen LogP contribution in [0.2, 0.25) is 0 Å². The van der Waals surface area contributed by atoms with E-state index in [0.29, 0.717) is 6.04 Å². The zero-order chi connectivity index (χ0) is 14.1. The summed E-state index contributed by atoms with van der Waals surface area (Å²) in [5.74, 6) is 0. The maximum Gasteiger partial charge on any atom is 0.0711 e. The normalized spacial score (nSPS) is 16.5. The molecule has 6 heteroatoms. The Morgan fingerprint density at radius 3 is 2.48 bits per heavy atom. The van der Waals surface area contributed by atoms with E-state index in [-0.39, 0.29) is 24.8 Å². The molecule has 1 aliphatic rings. The minimum atomic E-state index is 0. The van der Waals surface area contributed by atoms with Gasteiger partial charge in [0.15, 0.2) is 0 Å². The number of piperazine rings is 1. The van der Waals surface area contributed by atoms with E-state index in [2.05, 4.69) is 57.4 Å². The van der Waals surface area contributed by atoms with Crippen LogP contribution in [0.3, 0.4) is 0 Å². The zero-order valence-corrected chi connectivity index (χ0v) is 15.9. The summed E-state index contributed by atoms with van der Waals surface area (Å²) in [4.78, 5) is 4.08. The van der Waals surface area contributed by atoms with Crippen molar-refractivity contribution in [3.8, 4) is 0 Å². The molecule has 1 aromatic carbocycles. The van der Waals surface area contributed by atoms with Crippen molar-refractivity contribution >= 4 is 57.6 Å². The van der Waals surface area contributed by atoms with Crippen molar-refractivity contribution in [3.05, 3.63) is 57.6 Å². The third kappa shape index (κ3) is 3.73. The van der Waals surface area contributed by atoms with Crippen LogP contribution >= 0.6 is 47.5 Å². The quantitative estimate of drug-likeness (QED) is 0.695. The van der Waals surface area contributed by atoms with Gasteiger partial charge in [0.1, 0.15) is 0 Å². The van der Waals surface area contributed by atoms with Crippen LogP contribution < -0.4 is 5.32 Å². The number of hydrogen-bond acceptors (Lipinski definition) is 4. The van der Waals surface area contributed by atoms with Crippen LogP contribution in [0.4, 0.5) is 0 Å². The molecule has 2 aromatic heterocycles. The average Bonchev–Trinajstić information content (AvgIpc) is 3.20. The summed E-state index contributed by atoms with van der Waals surface area (Å²) in [6.45, 7) is 4.41. The number of nitrogens with zero attached hydrogens (tertiary/aromatic N) is 1. The minimum Gasteiger partial charge on any atom is -0.314 e. The summed E-state index contributed by atoms with van der Waals surface area (Å²) in [6.07, 6.45) is 0. The average molecular weight is 387 g/mol. The van der Waals surface area contributed by atoms with Gasteiger partial charge in [0, 0.05) is 35.8 Å². The van der Waals surface area contributed by atoms with E-state index in [1.165, 1.54) is 20.5 Å². The van der Waals surface area contributed by atoms with E-state index in [1.54, 1.807) is 0 Å². The van der Waals surface area contributed by atoms with Crippen LogP contribution in [0, 0.1) is 0 Å². The van der Waals surface area contributed by atoms with Crippen LogP contribution in [0.1, 0.15) is 16.5 Å². The van der Waals surface area contributed by atoms with E-state index in [9.17, 15) is 0 Å². The first-order chi connectivity index (χ1) is 10.4. The number of hydrogen-bond donors (Lipinski definition) is 1. The molecule has 0 bridgehead atoms. The highest BCUT2D eigenvalue weighted by Gasteiger charge is 2.26. The summed E-state index contributed by atoms with van der Waals surface area (Å²) >= 11 is 3.74. The molecular formula is C17H20Cl2N2S2. The van der Waals surface area contributed by atoms with Crippen molar-refractivity contribution < 1.29 is 0 Å². The van der Waals surface area contributed by atoms with Crippen molar-refractivity contribution in [1.29, 1.82) is 0 Å². The van der Waals surface area contributed by atoms with Crippen molar-refractivity contribution in [2.24, 2.45) is 0 Å². The predicted molar refractivity (Wildman–Crippen MR) is 107 cm³/mol. The molecule has 1 fully saturated rings. The van der Waals surface area contributed by atoms with E-state index < -0.39 is 0 Å². The van der Waals surface area contributed by atoms with Crippen LogP contribution in [-0.2, 0) is 0 Å². The van der Waals surface area contributed by atoms with Gasteiger partial charge in [-0.25, -0.2) is 0 Å². The molecular weight excluding hydrogens is 367 g/mol. The highest BCUT2D eigenvalue weighted by molar-refractivity contribution is 7.17. The van der Waals surface area contributed by atoms with Crippen LogP contribution in [0.5, 0.6) is 0 Å². The van der Waals surface area contributed by atoms with Crippen molar-refractivity contribution in [2.75, 3.05) is 26.2 Å². The van der Waals surface area contributed by atoms with Gasteiger partial charge in [-0.15, -0.1) is 47.5 Å². The first-order valence-corrected chi connectivity index (χ1v) is 9.14. The zero-order valence-electron chi connectivity index (χ0n) is 12.6. The van der Waals surface area contributed by atoms with Crippen LogP contribution in [0.15, 0.2) is 47.2 Å². The number of thiophene rings is 2.